The van der Waals surface area contributed by atoms with E-state index in [1.807, 2.05) is 62.4 Å². The van der Waals surface area contributed by atoms with Gasteiger partial charge < -0.3 is 5.32 Å². The number of benzene rings is 2. The first-order valence-corrected chi connectivity index (χ1v) is 9.87. The van der Waals surface area contributed by atoms with Crippen LogP contribution in [0.3, 0.4) is 0 Å². The lowest BCUT2D eigenvalue weighted by molar-refractivity contribution is 0.0912. The Kier molecular flexibility index (Phi) is 5.78. The van der Waals surface area contributed by atoms with E-state index >= 15 is 0 Å². The molecule has 0 saturated carbocycles. The molecule has 1 aromatic heterocycles. The minimum Gasteiger partial charge on any atom is -0.343 e. The Morgan fingerprint density at radius 1 is 1.15 bits per heavy atom. The van der Waals surface area contributed by atoms with Crippen molar-refractivity contribution in [3.63, 3.8) is 0 Å². The lowest BCUT2D eigenvalue weighted by Gasteiger charge is -2.27. The van der Waals surface area contributed by atoms with Gasteiger partial charge in [0.05, 0.1) is 5.54 Å². The van der Waals surface area contributed by atoms with Crippen molar-refractivity contribution in [2.45, 2.75) is 30.3 Å². The number of nitrogens with zero attached hydrogens (tertiary/aromatic N) is 2. The van der Waals surface area contributed by atoms with E-state index in [2.05, 4.69) is 36.4 Å². The lowest BCUT2D eigenvalue weighted by Crippen LogP contribution is -2.40. The van der Waals surface area contributed by atoms with E-state index in [9.17, 15) is 4.79 Å². The van der Waals surface area contributed by atoms with Crippen LogP contribution in [0.2, 0.25) is 0 Å². The average Bonchev–Trinajstić information content (AvgIpc) is 3.14. The van der Waals surface area contributed by atoms with Gasteiger partial charge in [0.25, 0.3) is 5.91 Å². The molecule has 0 bridgehead atoms. The fraction of sp³-hybridized carbons (Fsp3) is 0.211. The van der Waals surface area contributed by atoms with E-state index < -0.39 is 5.54 Å². The Labute approximate surface area is 165 Å². The molecule has 5 nitrogen and oxygen atoms in total. The number of rotatable bonds is 6. The van der Waals surface area contributed by atoms with Gasteiger partial charge in [-0.2, -0.15) is 5.10 Å². The maximum absolute atomic E-state index is 12.6. The van der Waals surface area contributed by atoms with Crippen LogP contribution in [0.25, 0.3) is 0 Å². The van der Waals surface area contributed by atoms with Crippen molar-refractivity contribution in [2.24, 2.45) is 0 Å². The standard InChI is InChI=1S/C19H19BrN4OS/c1-19(2,15-7-9-16(20)10-8-15)23-17(25)14-5-3-13(4-6-14)11-26-18-21-12-22-24-18/h3-10,12H,11H2,1-2H3,(H,23,25)(H,21,22,24). The minimum atomic E-state index is -0.460. The van der Waals surface area contributed by atoms with E-state index in [-0.39, 0.29) is 5.91 Å². The minimum absolute atomic E-state index is 0.0904. The molecule has 134 valence electrons. The van der Waals surface area contributed by atoms with E-state index in [1.54, 1.807) is 11.8 Å². The molecule has 3 rings (SSSR count). The first-order chi connectivity index (χ1) is 12.4. The number of aromatic amines is 1. The Hall–Kier alpha value is -2.12. The van der Waals surface area contributed by atoms with Crippen LogP contribution in [-0.2, 0) is 11.3 Å². The molecule has 3 aromatic rings. The molecule has 0 aliphatic heterocycles. The molecule has 0 saturated heterocycles. The Balaban J connectivity index is 1.63. The average molecular weight is 431 g/mol. The van der Waals surface area contributed by atoms with Crippen LogP contribution >= 0.6 is 27.7 Å². The fourth-order valence-corrected chi connectivity index (χ4v) is 3.46. The molecular formula is C19H19BrN4OS. The van der Waals surface area contributed by atoms with Crippen molar-refractivity contribution >= 4 is 33.6 Å². The molecule has 0 aliphatic carbocycles. The zero-order valence-electron chi connectivity index (χ0n) is 14.5. The van der Waals surface area contributed by atoms with Crippen molar-refractivity contribution < 1.29 is 4.79 Å². The van der Waals surface area contributed by atoms with Gasteiger partial charge in [-0.3, -0.25) is 9.89 Å². The lowest BCUT2D eigenvalue weighted by atomic mass is 9.94. The number of carbonyl (C=O) groups is 1. The highest BCUT2D eigenvalue weighted by Crippen LogP contribution is 2.23. The van der Waals surface area contributed by atoms with Crippen LogP contribution in [0.4, 0.5) is 0 Å². The fourth-order valence-electron chi connectivity index (χ4n) is 2.46. The molecule has 2 aromatic carbocycles. The van der Waals surface area contributed by atoms with Crippen LogP contribution in [-0.4, -0.2) is 21.1 Å². The van der Waals surface area contributed by atoms with E-state index in [4.69, 9.17) is 0 Å². The molecule has 7 heteroatoms. The topological polar surface area (TPSA) is 70.7 Å². The van der Waals surface area contributed by atoms with Gasteiger partial charge in [0.2, 0.25) is 0 Å². The highest BCUT2D eigenvalue weighted by atomic mass is 79.9. The van der Waals surface area contributed by atoms with Gasteiger partial charge in [-0.25, -0.2) is 4.98 Å². The van der Waals surface area contributed by atoms with Crippen LogP contribution in [0.15, 0.2) is 64.5 Å². The summed E-state index contributed by atoms with van der Waals surface area (Å²) in [4.78, 5) is 16.7. The Bertz CT molecular complexity index is 862. The monoisotopic (exact) mass is 430 g/mol. The molecule has 26 heavy (non-hydrogen) atoms. The summed E-state index contributed by atoms with van der Waals surface area (Å²) in [5.41, 5.74) is 2.35. The van der Waals surface area contributed by atoms with Crippen LogP contribution in [0.5, 0.6) is 0 Å². The summed E-state index contributed by atoms with van der Waals surface area (Å²) < 4.78 is 1.02. The smallest absolute Gasteiger partial charge is 0.251 e. The number of hydrogen-bond acceptors (Lipinski definition) is 4. The van der Waals surface area contributed by atoms with E-state index in [0.717, 1.165) is 26.5 Å². The molecule has 0 radical (unpaired) electrons. The van der Waals surface area contributed by atoms with Gasteiger partial charge >= 0.3 is 0 Å². The Morgan fingerprint density at radius 2 is 1.85 bits per heavy atom. The number of amides is 1. The predicted octanol–water partition coefficient (Wildman–Crippen LogP) is 4.52. The molecular weight excluding hydrogens is 412 g/mol. The number of hydrogen-bond donors (Lipinski definition) is 2. The Morgan fingerprint density at radius 3 is 2.46 bits per heavy atom. The molecule has 0 spiro atoms. The maximum Gasteiger partial charge on any atom is 0.251 e. The number of nitrogens with one attached hydrogen (secondary N) is 2. The number of halogens is 1. The first kappa shape index (κ1) is 18.7. The van der Waals surface area contributed by atoms with Crippen molar-refractivity contribution in [3.8, 4) is 0 Å². The third-order valence-electron chi connectivity index (χ3n) is 3.98. The summed E-state index contributed by atoms with van der Waals surface area (Å²) in [6.07, 6.45) is 1.49. The molecule has 1 amide bonds. The second-order valence-electron chi connectivity index (χ2n) is 6.36. The summed E-state index contributed by atoms with van der Waals surface area (Å²) in [5.74, 6) is 0.675. The maximum atomic E-state index is 12.6. The van der Waals surface area contributed by atoms with Crippen molar-refractivity contribution in [2.75, 3.05) is 0 Å². The summed E-state index contributed by atoms with van der Waals surface area (Å²) in [7, 11) is 0. The summed E-state index contributed by atoms with van der Waals surface area (Å²) in [6, 6.07) is 15.6. The second kappa shape index (κ2) is 8.05. The third-order valence-corrected chi connectivity index (χ3v) is 5.45. The van der Waals surface area contributed by atoms with Crippen molar-refractivity contribution in [1.29, 1.82) is 0 Å². The van der Waals surface area contributed by atoms with Crippen LogP contribution in [0, 0.1) is 0 Å². The van der Waals surface area contributed by atoms with Gasteiger partial charge in [-0.1, -0.05) is 52.0 Å². The molecule has 0 fully saturated rings. The third kappa shape index (κ3) is 4.74. The van der Waals surface area contributed by atoms with E-state index in [0.29, 0.717) is 5.56 Å². The number of thioether (sulfide) groups is 1. The molecule has 0 aliphatic rings. The number of carbonyl (C=O) groups excluding carboxylic acids is 1. The van der Waals surface area contributed by atoms with Crippen molar-refractivity contribution in [1.82, 2.24) is 20.5 Å². The number of H-pyrrole nitrogens is 1. The van der Waals surface area contributed by atoms with Crippen LogP contribution < -0.4 is 5.32 Å². The van der Waals surface area contributed by atoms with Gasteiger partial charge in [0.15, 0.2) is 5.16 Å². The first-order valence-electron chi connectivity index (χ1n) is 8.10. The van der Waals surface area contributed by atoms with Gasteiger partial charge in [0, 0.05) is 15.8 Å². The summed E-state index contributed by atoms with van der Waals surface area (Å²) in [5, 5.41) is 10.5. The second-order valence-corrected chi connectivity index (χ2v) is 8.24. The largest absolute Gasteiger partial charge is 0.343 e. The number of aromatic nitrogens is 3. The summed E-state index contributed by atoms with van der Waals surface area (Å²) >= 11 is 5.00. The highest BCUT2D eigenvalue weighted by molar-refractivity contribution is 9.10. The normalized spacial score (nSPS) is 11.3. The molecule has 0 atom stereocenters. The van der Waals surface area contributed by atoms with Gasteiger partial charge in [0.1, 0.15) is 6.33 Å². The van der Waals surface area contributed by atoms with Crippen molar-refractivity contribution in [3.05, 3.63) is 76.0 Å². The molecule has 0 unspecified atom stereocenters. The quantitative estimate of drug-likeness (QED) is 0.563. The predicted molar refractivity (Wildman–Crippen MR) is 107 cm³/mol. The zero-order chi connectivity index (χ0) is 18.6. The highest BCUT2D eigenvalue weighted by Gasteiger charge is 2.23. The molecule has 2 N–H and O–H groups in total. The van der Waals surface area contributed by atoms with Crippen LogP contribution in [0.1, 0.15) is 35.3 Å². The molecule has 1 heterocycles. The SMILES string of the molecule is CC(C)(NC(=O)c1ccc(CSc2ncn[nH]2)cc1)c1ccc(Br)cc1. The van der Waals surface area contributed by atoms with E-state index in [1.165, 1.54) is 6.33 Å². The summed E-state index contributed by atoms with van der Waals surface area (Å²) in [6.45, 7) is 3.99. The van der Waals surface area contributed by atoms with Gasteiger partial charge in [-0.15, -0.1) is 0 Å². The zero-order valence-corrected chi connectivity index (χ0v) is 16.9. The van der Waals surface area contributed by atoms with Gasteiger partial charge in [-0.05, 0) is 49.2 Å².